The first-order valence-electron chi connectivity index (χ1n) is 10.6. The number of furan rings is 1. The van der Waals surface area contributed by atoms with Gasteiger partial charge in [-0.15, -0.1) is 24.0 Å². The van der Waals surface area contributed by atoms with Gasteiger partial charge in [-0.1, -0.05) is 0 Å². The lowest BCUT2D eigenvalue weighted by Gasteiger charge is -2.30. The van der Waals surface area contributed by atoms with Crippen LogP contribution in [-0.4, -0.2) is 61.1 Å². The van der Waals surface area contributed by atoms with Crippen molar-refractivity contribution in [3.8, 4) is 0 Å². The lowest BCUT2D eigenvalue weighted by atomic mass is 9.96. The Morgan fingerprint density at radius 3 is 2.60 bits per heavy atom. The Balaban J connectivity index is 0.00000450. The van der Waals surface area contributed by atoms with Gasteiger partial charge in [-0.2, -0.15) is 0 Å². The lowest BCUT2D eigenvalue weighted by molar-refractivity contribution is -0.123. The van der Waals surface area contributed by atoms with Gasteiger partial charge in [0.25, 0.3) is 0 Å². The van der Waals surface area contributed by atoms with E-state index in [1.165, 1.54) is 0 Å². The predicted octanol–water partition coefficient (Wildman–Crippen LogP) is 1.95. The van der Waals surface area contributed by atoms with Crippen molar-refractivity contribution >= 4 is 35.8 Å². The maximum absolute atomic E-state index is 11.2. The molecular formula is C21H38IN5O3. The second-order valence-electron chi connectivity index (χ2n) is 8.03. The molecule has 1 fully saturated rings. The van der Waals surface area contributed by atoms with E-state index in [-0.39, 0.29) is 42.3 Å². The van der Waals surface area contributed by atoms with E-state index in [2.05, 4.69) is 20.5 Å². The van der Waals surface area contributed by atoms with Crippen molar-refractivity contribution in [1.82, 2.24) is 15.5 Å². The van der Waals surface area contributed by atoms with Crippen LogP contribution in [0.25, 0.3) is 0 Å². The summed E-state index contributed by atoms with van der Waals surface area (Å²) >= 11 is 0. The molecule has 5 N–H and O–H groups in total. The van der Waals surface area contributed by atoms with E-state index in [4.69, 9.17) is 10.2 Å². The van der Waals surface area contributed by atoms with Gasteiger partial charge < -0.3 is 30.8 Å². The van der Waals surface area contributed by atoms with Crippen molar-refractivity contribution < 1.29 is 14.3 Å². The average Bonchev–Trinajstić information content (AvgIpc) is 3.13. The van der Waals surface area contributed by atoms with E-state index in [0.29, 0.717) is 11.7 Å². The van der Waals surface area contributed by atoms with Gasteiger partial charge in [-0.05, 0) is 78.2 Å². The van der Waals surface area contributed by atoms with Crippen molar-refractivity contribution in [2.45, 2.75) is 52.1 Å². The van der Waals surface area contributed by atoms with Crippen molar-refractivity contribution in [2.24, 2.45) is 16.6 Å². The summed E-state index contributed by atoms with van der Waals surface area (Å²) in [7, 11) is 0. The molecule has 0 radical (unpaired) electrons. The first-order valence-corrected chi connectivity index (χ1v) is 10.6. The highest BCUT2D eigenvalue weighted by atomic mass is 127. The number of halogens is 1. The molecule has 172 valence electrons. The molecule has 1 atom stereocenters. The summed E-state index contributed by atoms with van der Waals surface area (Å²) in [5.74, 6) is 1.88. The maximum Gasteiger partial charge on any atom is 0.220 e. The number of primary amides is 1. The van der Waals surface area contributed by atoms with Crippen LogP contribution in [0.3, 0.4) is 0 Å². The van der Waals surface area contributed by atoms with E-state index in [1.807, 2.05) is 19.9 Å². The van der Waals surface area contributed by atoms with E-state index < -0.39 is 5.60 Å². The Morgan fingerprint density at radius 2 is 2.03 bits per heavy atom. The number of aryl methyl sites for hydroxylation is 1. The summed E-state index contributed by atoms with van der Waals surface area (Å²) in [6, 6.07) is 3.63. The van der Waals surface area contributed by atoms with Crippen LogP contribution in [0.1, 0.15) is 51.1 Å². The van der Waals surface area contributed by atoms with Gasteiger partial charge in [0.15, 0.2) is 5.96 Å². The molecular weight excluding hydrogens is 497 g/mol. The number of likely N-dealkylation sites (tertiary alicyclic amines) is 1. The van der Waals surface area contributed by atoms with Crippen LogP contribution in [0.5, 0.6) is 0 Å². The number of hydrogen-bond acceptors (Lipinski definition) is 5. The molecule has 1 saturated heterocycles. The smallest absolute Gasteiger partial charge is 0.220 e. The fraction of sp³-hybridized carbons (Fsp3) is 0.714. The van der Waals surface area contributed by atoms with Gasteiger partial charge in [0.05, 0.1) is 6.54 Å². The predicted molar refractivity (Wildman–Crippen MR) is 130 cm³/mol. The number of nitrogens with one attached hydrogen (secondary N) is 2. The van der Waals surface area contributed by atoms with Gasteiger partial charge in [-0.3, -0.25) is 4.79 Å². The van der Waals surface area contributed by atoms with Crippen LogP contribution in [0, 0.1) is 12.8 Å². The fourth-order valence-electron chi connectivity index (χ4n) is 3.48. The summed E-state index contributed by atoms with van der Waals surface area (Å²) in [5.41, 5.74) is 4.24. The molecule has 9 heteroatoms. The standard InChI is InChI=1S/C21H37N5O3.HI/c1-4-23-20(25-15-21(3,28)18-8-7-16(2)29-18)24-11-5-6-12-26-13-9-17(10-14-26)19(22)27;/h7-8,17,28H,4-6,9-15H2,1-3H3,(H2,22,27)(H2,23,24,25);1H. The lowest BCUT2D eigenvalue weighted by Crippen LogP contribution is -2.40. The normalized spacial score (nSPS) is 17.8. The molecule has 0 spiro atoms. The quantitative estimate of drug-likeness (QED) is 0.158. The number of aliphatic hydroxyl groups is 1. The molecule has 0 aliphatic carbocycles. The van der Waals surface area contributed by atoms with E-state index in [1.54, 1.807) is 13.0 Å². The Morgan fingerprint density at radius 1 is 1.33 bits per heavy atom. The van der Waals surface area contributed by atoms with Gasteiger partial charge in [-0.25, -0.2) is 4.99 Å². The minimum absolute atomic E-state index is 0. The Kier molecular flexibility index (Phi) is 11.7. The number of hydrogen-bond donors (Lipinski definition) is 4. The number of nitrogens with two attached hydrogens (primary N) is 1. The summed E-state index contributed by atoms with van der Waals surface area (Å²) in [6.07, 6.45) is 3.85. The first-order chi connectivity index (χ1) is 13.8. The van der Waals surface area contributed by atoms with Crippen LogP contribution in [0.2, 0.25) is 0 Å². The molecule has 30 heavy (non-hydrogen) atoms. The van der Waals surface area contributed by atoms with Crippen LogP contribution in [0.15, 0.2) is 21.5 Å². The molecule has 0 saturated carbocycles. The summed E-state index contributed by atoms with van der Waals surface area (Å²) in [6.45, 7) is 10.3. The highest BCUT2D eigenvalue weighted by Crippen LogP contribution is 2.23. The zero-order valence-corrected chi connectivity index (χ0v) is 20.8. The van der Waals surface area contributed by atoms with Crippen LogP contribution >= 0.6 is 24.0 Å². The highest BCUT2D eigenvalue weighted by Gasteiger charge is 2.26. The summed E-state index contributed by atoms with van der Waals surface area (Å²) in [4.78, 5) is 18.1. The van der Waals surface area contributed by atoms with Gasteiger partial charge >= 0.3 is 0 Å². The number of amides is 1. The van der Waals surface area contributed by atoms with Crippen molar-refractivity contribution in [3.05, 3.63) is 23.7 Å². The van der Waals surface area contributed by atoms with Gasteiger partial charge in [0, 0.05) is 19.0 Å². The molecule has 2 rings (SSSR count). The molecule has 1 amide bonds. The fourth-order valence-corrected chi connectivity index (χ4v) is 3.48. The zero-order valence-electron chi connectivity index (χ0n) is 18.4. The second-order valence-corrected chi connectivity index (χ2v) is 8.03. The van der Waals surface area contributed by atoms with E-state index >= 15 is 0 Å². The zero-order chi connectivity index (χ0) is 21.3. The Labute approximate surface area is 197 Å². The topological polar surface area (TPSA) is 116 Å². The molecule has 1 aromatic rings. The van der Waals surface area contributed by atoms with Gasteiger partial charge in [0.1, 0.15) is 17.1 Å². The van der Waals surface area contributed by atoms with Crippen LogP contribution in [0.4, 0.5) is 0 Å². The van der Waals surface area contributed by atoms with Crippen molar-refractivity contribution in [2.75, 3.05) is 39.3 Å². The minimum atomic E-state index is -1.15. The van der Waals surface area contributed by atoms with Crippen molar-refractivity contribution in [3.63, 3.8) is 0 Å². The largest absolute Gasteiger partial charge is 0.463 e. The molecule has 8 nitrogen and oxygen atoms in total. The first kappa shape index (κ1) is 26.7. The molecule has 1 aliphatic heterocycles. The SMILES string of the molecule is CCNC(=NCC(C)(O)c1ccc(C)o1)NCCCCN1CCC(C(N)=O)CC1.I. The number of guanidine groups is 1. The Bertz CT molecular complexity index is 669. The number of carbonyl (C=O) groups excluding carboxylic acids is 1. The third kappa shape index (κ3) is 8.81. The number of aliphatic imine (C=N–C) groups is 1. The van der Waals surface area contributed by atoms with E-state index in [9.17, 15) is 9.90 Å². The van der Waals surface area contributed by atoms with Crippen LogP contribution in [-0.2, 0) is 10.4 Å². The third-order valence-corrected chi connectivity index (χ3v) is 5.34. The van der Waals surface area contributed by atoms with Gasteiger partial charge in [0.2, 0.25) is 5.91 Å². The van der Waals surface area contributed by atoms with Crippen LogP contribution < -0.4 is 16.4 Å². The summed E-state index contributed by atoms with van der Waals surface area (Å²) in [5, 5.41) is 17.2. The highest BCUT2D eigenvalue weighted by molar-refractivity contribution is 14.0. The van der Waals surface area contributed by atoms with Crippen molar-refractivity contribution in [1.29, 1.82) is 0 Å². The number of piperidine rings is 1. The number of nitrogens with zero attached hydrogens (tertiary/aromatic N) is 2. The molecule has 0 aromatic carbocycles. The average molecular weight is 535 g/mol. The maximum atomic E-state index is 11.2. The number of carbonyl (C=O) groups is 1. The number of unbranched alkanes of at least 4 members (excludes halogenated alkanes) is 1. The summed E-state index contributed by atoms with van der Waals surface area (Å²) < 4.78 is 5.54. The molecule has 1 aromatic heterocycles. The molecule has 1 aliphatic rings. The molecule has 1 unspecified atom stereocenters. The molecule has 2 heterocycles. The third-order valence-electron chi connectivity index (χ3n) is 5.34. The van der Waals surface area contributed by atoms with E-state index in [0.717, 1.165) is 64.2 Å². The monoisotopic (exact) mass is 535 g/mol. The Hall–Kier alpha value is -1.33. The second kappa shape index (κ2) is 13.2. The minimum Gasteiger partial charge on any atom is -0.463 e. The number of rotatable bonds is 10. The molecule has 0 bridgehead atoms.